The number of nitrogens with zero attached hydrogens (tertiary/aromatic N) is 4. The molecule has 0 radical (unpaired) electrons. The molecule has 0 unspecified atom stereocenters. The second-order valence-corrected chi connectivity index (χ2v) is 6.34. The summed E-state index contributed by atoms with van der Waals surface area (Å²) in [5.74, 6) is 1.07. The third-order valence-electron chi connectivity index (χ3n) is 3.64. The molecule has 1 heterocycles. The van der Waals surface area contributed by atoms with Gasteiger partial charge in [0.05, 0.1) is 6.04 Å². The van der Waals surface area contributed by atoms with Crippen LogP contribution < -0.4 is 10.1 Å². The molecule has 8 heteroatoms. The smallest absolute Gasteiger partial charge is 0.255 e. The van der Waals surface area contributed by atoms with Crippen LogP contribution in [0.2, 0.25) is 5.02 Å². The van der Waals surface area contributed by atoms with Crippen molar-refractivity contribution >= 4 is 23.2 Å². The van der Waals surface area contributed by atoms with Crippen molar-refractivity contribution < 1.29 is 9.53 Å². The van der Waals surface area contributed by atoms with Crippen molar-refractivity contribution in [3.63, 3.8) is 0 Å². The highest BCUT2D eigenvalue weighted by atomic mass is 35.5. The van der Waals surface area contributed by atoms with Crippen molar-refractivity contribution in [3.05, 3.63) is 64.9 Å². The van der Waals surface area contributed by atoms with E-state index in [1.807, 2.05) is 13.8 Å². The summed E-state index contributed by atoms with van der Waals surface area (Å²) in [5, 5.41) is 15.0. The Labute approximate surface area is 155 Å². The number of halogens is 1. The van der Waals surface area contributed by atoms with Crippen LogP contribution in [0, 0.1) is 0 Å². The Hall–Kier alpha value is -2.93. The molecule has 0 saturated carbocycles. The fourth-order valence-corrected chi connectivity index (χ4v) is 2.42. The summed E-state index contributed by atoms with van der Waals surface area (Å²) in [6.45, 7) is 4.24. The molecule has 26 heavy (non-hydrogen) atoms. The van der Waals surface area contributed by atoms with Crippen LogP contribution in [-0.2, 0) is 6.61 Å². The second-order valence-electron chi connectivity index (χ2n) is 5.91. The third-order valence-corrected chi connectivity index (χ3v) is 3.89. The van der Waals surface area contributed by atoms with Gasteiger partial charge in [0.25, 0.3) is 5.91 Å². The molecular weight excluding hydrogens is 354 g/mol. The molecule has 0 aliphatic rings. The SMILES string of the molecule is CC(C)n1nnnc1COc1ccc(C(=O)Nc2ccc(Cl)cc2)cc1. The van der Waals surface area contributed by atoms with Crippen LogP contribution in [0.25, 0.3) is 0 Å². The lowest BCUT2D eigenvalue weighted by atomic mass is 10.2. The summed E-state index contributed by atoms with van der Waals surface area (Å²) in [7, 11) is 0. The maximum atomic E-state index is 12.3. The van der Waals surface area contributed by atoms with E-state index in [9.17, 15) is 4.79 Å². The van der Waals surface area contributed by atoms with Gasteiger partial charge in [0.2, 0.25) is 0 Å². The van der Waals surface area contributed by atoms with Crippen molar-refractivity contribution in [2.24, 2.45) is 0 Å². The van der Waals surface area contributed by atoms with E-state index in [1.54, 1.807) is 53.2 Å². The van der Waals surface area contributed by atoms with Crippen LogP contribution >= 0.6 is 11.6 Å². The molecule has 0 saturated heterocycles. The molecule has 0 aliphatic heterocycles. The fourth-order valence-electron chi connectivity index (χ4n) is 2.30. The summed E-state index contributed by atoms with van der Waals surface area (Å²) >= 11 is 5.84. The number of carbonyl (C=O) groups is 1. The molecule has 3 aromatic rings. The molecule has 3 rings (SSSR count). The lowest BCUT2D eigenvalue weighted by Gasteiger charge is -2.10. The number of amides is 1. The number of rotatable bonds is 6. The monoisotopic (exact) mass is 371 g/mol. The van der Waals surface area contributed by atoms with E-state index in [4.69, 9.17) is 16.3 Å². The van der Waals surface area contributed by atoms with Gasteiger partial charge in [-0.05, 0) is 72.8 Å². The van der Waals surface area contributed by atoms with Gasteiger partial charge in [-0.25, -0.2) is 4.68 Å². The average Bonchev–Trinajstić information content (AvgIpc) is 3.11. The van der Waals surface area contributed by atoms with Crippen molar-refractivity contribution in [3.8, 4) is 5.75 Å². The number of carbonyl (C=O) groups excluding carboxylic acids is 1. The van der Waals surface area contributed by atoms with Crippen molar-refractivity contribution in [2.75, 3.05) is 5.32 Å². The summed E-state index contributed by atoms with van der Waals surface area (Å²) in [5.41, 5.74) is 1.21. The minimum absolute atomic E-state index is 0.155. The summed E-state index contributed by atoms with van der Waals surface area (Å²) in [6, 6.07) is 14.0. The molecule has 134 valence electrons. The van der Waals surface area contributed by atoms with E-state index < -0.39 is 0 Å². The summed E-state index contributed by atoms with van der Waals surface area (Å²) in [6.07, 6.45) is 0. The molecule has 0 bridgehead atoms. The standard InChI is InChI=1S/C18H18ClN5O2/c1-12(2)24-17(21-22-23-24)11-26-16-9-3-13(4-10-16)18(25)20-15-7-5-14(19)6-8-15/h3-10,12H,11H2,1-2H3,(H,20,25). The zero-order valence-corrected chi connectivity index (χ0v) is 15.1. The molecule has 0 fully saturated rings. The lowest BCUT2D eigenvalue weighted by molar-refractivity contribution is 0.102. The Kier molecular flexibility index (Phi) is 5.48. The van der Waals surface area contributed by atoms with E-state index >= 15 is 0 Å². The normalized spacial score (nSPS) is 10.8. The minimum atomic E-state index is -0.206. The number of anilines is 1. The number of tetrazole rings is 1. The Bertz CT molecular complexity index is 875. The van der Waals surface area contributed by atoms with Gasteiger partial charge in [-0.1, -0.05) is 11.6 Å². The molecule has 1 amide bonds. The highest BCUT2D eigenvalue weighted by Gasteiger charge is 2.10. The highest BCUT2D eigenvalue weighted by Crippen LogP contribution is 2.17. The molecule has 1 aromatic heterocycles. The maximum Gasteiger partial charge on any atom is 0.255 e. The van der Waals surface area contributed by atoms with Gasteiger partial charge in [0.15, 0.2) is 5.82 Å². The molecule has 2 aromatic carbocycles. The number of aromatic nitrogens is 4. The zero-order valence-electron chi connectivity index (χ0n) is 14.4. The first kappa shape index (κ1) is 17.9. The van der Waals surface area contributed by atoms with Gasteiger partial charge in [-0.15, -0.1) is 5.10 Å². The van der Waals surface area contributed by atoms with Crippen LogP contribution in [0.1, 0.15) is 36.1 Å². The quantitative estimate of drug-likeness (QED) is 0.713. The van der Waals surface area contributed by atoms with Crippen LogP contribution in [0.4, 0.5) is 5.69 Å². The molecule has 1 N–H and O–H groups in total. The van der Waals surface area contributed by atoms with E-state index in [0.717, 1.165) is 0 Å². The van der Waals surface area contributed by atoms with Gasteiger partial charge in [-0.2, -0.15) is 0 Å². The molecule has 0 atom stereocenters. The van der Waals surface area contributed by atoms with E-state index in [0.29, 0.717) is 27.8 Å². The Morgan fingerprint density at radius 3 is 2.50 bits per heavy atom. The molecule has 0 spiro atoms. The van der Waals surface area contributed by atoms with E-state index in [2.05, 4.69) is 20.8 Å². The van der Waals surface area contributed by atoms with Crippen molar-refractivity contribution in [1.29, 1.82) is 0 Å². The number of nitrogens with one attached hydrogen (secondary N) is 1. The zero-order chi connectivity index (χ0) is 18.5. The number of benzene rings is 2. The van der Waals surface area contributed by atoms with Gasteiger partial charge >= 0.3 is 0 Å². The van der Waals surface area contributed by atoms with Crippen LogP contribution in [0.5, 0.6) is 5.75 Å². The Balaban J connectivity index is 1.60. The van der Waals surface area contributed by atoms with Crippen LogP contribution in [0.15, 0.2) is 48.5 Å². The number of hydrogen-bond donors (Lipinski definition) is 1. The predicted molar refractivity (Wildman–Crippen MR) is 98.4 cm³/mol. The van der Waals surface area contributed by atoms with E-state index in [-0.39, 0.29) is 18.6 Å². The maximum absolute atomic E-state index is 12.3. The minimum Gasteiger partial charge on any atom is -0.486 e. The van der Waals surface area contributed by atoms with Crippen molar-refractivity contribution in [1.82, 2.24) is 20.2 Å². The summed E-state index contributed by atoms with van der Waals surface area (Å²) in [4.78, 5) is 12.3. The molecule has 7 nitrogen and oxygen atoms in total. The Morgan fingerprint density at radius 2 is 1.85 bits per heavy atom. The van der Waals surface area contributed by atoms with Crippen LogP contribution in [-0.4, -0.2) is 26.1 Å². The Morgan fingerprint density at radius 1 is 1.15 bits per heavy atom. The van der Waals surface area contributed by atoms with Crippen molar-refractivity contribution in [2.45, 2.75) is 26.5 Å². The fraction of sp³-hybridized carbons (Fsp3) is 0.222. The summed E-state index contributed by atoms with van der Waals surface area (Å²) < 4.78 is 7.40. The number of hydrogen-bond acceptors (Lipinski definition) is 5. The van der Waals surface area contributed by atoms with E-state index in [1.165, 1.54) is 0 Å². The van der Waals surface area contributed by atoms with Gasteiger partial charge in [0, 0.05) is 16.3 Å². The van der Waals surface area contributed by atoms with Gasteiger partial charge in [0.1, 0.15) is 12.4 Å². The van der Waals surface area contributed by atoms with Crippen LogP contribution in [0.3, 0.4) is 0 Å². The second kappa shape index (κ2) is 7.97. The average molecular weight is 372 g/mol. The van der Waals surface area contributed by atoms with Gasteiger partial charge < -0.3 is 10.1 Å². The number of ether oxygens (including phenoxy) is 1. The largest absolute Gasteiger partial charge is 0.486 e. The predicted octanol–water partition coefficient (Wildman–Crippen LogP) is 3.74. The topological polar surface area (TPSA) is 81.9 Å². The highest BCUT2D eigenvalue weighted by molar-refractivity contribution is 6.30. The first-order valence-corrected chi connectivity index (χ1v) is 8.47. The molecule has 0 aliphatic carbocycles. The van der Waals surface area contributed by atoms with Gasteiger partial charge in [-0.3, -0.25) is 4.79 Å². The first-order chi connectivity index (χ1) is 12.5. The third kappa shape index (κ3) is 4.37. The first-order valence-electron chi connectivity index (χ1n) is 8.09. The lowest BCUT2D eigenvalue weighted by Crippen LogP contribution is -2.12. The molecular formula is C18H18ClN5O2.